The first-order chi connectivity index (χ1) is 5.73. The summed E-state index contributed by atoms with van der Waals surface area (Å²) in [7, 11) is 0. The maximum absolute atomic E-state index is 4.06. The van der Waals surface area contributed by atoms with Gasteiger partial charge in [-0.05, 0) is 24.2 Å². The van der Waals surface area contributed by atoms with Gasteiger partial charge in [0, 0.05) is 18.9 Å². The predicted molar refractivity (Wildman–Crippen MR) is 48.7 cm³/mol. The molecule has 0 N–H and O–H groups in total. The maximum atomic E-state index is 4.06. The Balaban J connectivity index is 2.04. The van der Waals surface area contributed by atoms with Gasteiger partial charge in [0.05, 0.1) is 6.33 Å². The van der Waals surface area contributed by atoms with Gasteiger partial charge in [0.15, 0.2) is 0 Å². The van der Waals surface area contributed by atoms with E-state index >= 15 is 0 Å². The van der Waals surface area contributed by atoms with E-state index in [4.69, 9.17) is 0 Å². The molecule has 2 rings (SSSR count). The SMILES string of the molecule is CC(C)C1(Cn2ccnc2)CC1. The van der Waals surface area contributed by atoms with Crippen LogP contribution in [0.25, 0.3) is 0 Å². The molecule has 1 aromatic rings. The fourth-order valence-electron chi connectivity index (χ4n) is 1.82. The second-order valence-electron chi connectivity index (χ2n) is 4.25. The molecule has 0 aromatic carbocycles. The third kappa shape index (κ3) is 1.26. The summed E-state index contributed by atoms with van der Waals surface area (Å²) in [5, 5.41) is 0. The minimum absolute atomic E-state index is 0.598. The third-order valence-electron chi connectivity index (χ3n) is 3.17. The Kier molecular flexibility index (Phi) is 1.71. The molecule has 1 saturated carbocycles. The van der Waals surface area contributed by atoms with Crippen molar-refractivity contribution in [3.63, 3.8) is 0 Å². The fourth-order valence-corrected chi connectivity index (χ4v) is 1.82. The highest BCUT2D eigenvalue weighted by molar-refractivity contribution is 4.96. The van der Waals surface area contributed by atoms with E-state index in [1.54, 1.807) is 0 Å². The topological polar surface area (TPSA) is 17.8 Å². The second-order valence-corrected chi connectivity index (χ2v) is 4.25. The van der Waals surface area contributed by atoms with Gasteiger partial charge in [0.2, 0.25) is 0 Å². The molecular formula is C10H16N2. The molecule has 1 aliphatic carbocycles. The quantitative estimate of drug-likeness (QED) is 0.670. The van der Waals surface area contributed by atoms with E-state index < -0.39 is 0 Å². The first-order valence-electron chi connectivity index (χ1n) is 4.69. The Morgan fingerprint density at radius 3 is 2.67 bits per heavy atom. The van der Waals surface area contributed by atoms with Crippen molar-refractivity contribution >= 4 is 0 Å². The molecule has 1 heterocycles. The average molecular weight is 164 g/mol. The van der Waals surface area contributed by atoms with Crippen molar-refractivity contribution in [1.29, 1.82) is 0 Å². The first kappa shape index (κ1) is 7.84. The van der Waals surface area contributed by atoms with Gasteiger partial charge in [0.1, 0.15) is 0 Å². The molecule has 0 spiro atoms. The molecule has 0 saturated heterocycles. The molecule has 2 heteroatoms. The van der Waals surface area contributed by atoms with Gasteiger partial charge in [0.25, 0.3) is 0 Å². The molecule has 66 valence electrons. The van der Waals surface area contributed by atoms with E-state index in [0.29, 0.717) is 5.41 Å². The van der Waals surface area contributed by atoms with Crippen molar-refractivity contribution in [2.75, 3.05) is 0 Å². The van der Waals surface area contributed by atoms with Crippen LogP contribution in [0.4, 0.5) is 0 Å². The second kappa shape index (κ2) is 2.61. The molecule has 1 aromatic heterocycles. The van der Waals surface area contributed by atoms with Crippen LogP contribution in [0.3, 0.4) is 0 Å². The summed E-state index contributed by atoms with van der Waals surface area (Å²) in [5.74, 6) is 0.805. The van der Waals surface area contributed by atoms with Crippen LogP contribution in [0, 0.1) is 11.3 Å². The maximum Gasteiger partial charge on any atom is 0.0946 e. The molecule has 1 aliphatic rings. The number of imidazole rings is 1. The van der Waals surface area contributed by atoms with Crippen LogP contribution in [0.2, 0.25) is 0 Å². The zero-order valence-corrected chi connectivity index (χ0v) is 7.83. The number of rotatable bonds is 3. The number of nitrogens with zero attached hydrogens (tertiary/aromatic N) is 2. The van der Waals surface area contributed by atoms with E-state index in [1.165, 1.54) is 12.8 Å². The van der Waals surface area contributed by atoms with Crippen LogP contribution in [-0.2, 0) is 6.54 Å². The number of hydrogen-bond acceptors (Lipinski definition) is 1. The number of hydrogen-bond donors (Lipinski definition) is 0. The molecular weight excluding hydrogens is 148 g/mol. The predicted octanol–water partition coefficient (Wildman–Crippen LogP) is 2.32. The Morgan fingerprint density at radius 2 is 2.25 bits per heavy atom. The molecule has 0 unspecified atom stereocenters. The Hall–Kier alpha value is -0.790. The van der Waals surface area contributed by atoms with Crippen molar-refractivity contribution in [2.24, 2.45) is 11.3 Å². The molecule has 1 fully saturated rings. The van der Waals surface area contributed by atoms with Gasteiger partial charge in [-0.2, -0.15) is 0 Å². The molecule has 0 amide bonds. The third-order valence-corrected chi connectivity index (χ3v) is 3.17. The van der Waals surface area contributed by atoms with E-state index in [1.807, 2.05) is 12.5 Å². The van der Waals surface area contributed by atoms with E-state index in [0.717, 1.165) is 12.5 Å². The summed E-state index contributed by atoms with van der Waals surface area (Å²) >= 11 is 0. The lowest BCUT2D eigenvalue weighted by atomic mass is 9.92. The van der Waals surface area contributed by atoms with Crippen LogP contribution in [0.1, 0.15) is 26.7 Å². The first-order valence-corrected chi connectivity index (χ1v) is 4.69. The van der Waals surface area contributed by atoms with Gasteiger partial charge in [-0.25, -0.2) is 4.98 Å². The molecule has 0 radical (unpaired) electrons. The van der Waals surface area contributed by atoms with Crippen LogP contribution in [0.5, 0.6) is 0 Å². The highest BCUT2D eigenvalue weighted by Gasteiger charge is 2.45. The Morgan fingerprint density at radius 1 is 1.50 bits per heavy atom. The molecule has 0 bridgehead atoms. The zero-order valence-electron chi connectivity index (χ0n) is 7.83. The van der Waals surface area contributed by atoms with E-state index in [2.05, 4.69) is 29.6 Å². The van der Waals surface area contributed by atoms with Gasteiger partial charge < -0.3 is 4.57 Å². The average Bonchev–Trinajstić information content (AvgIpc) is 2.60. The standard InChI is InChI=1S/C10H16N2/c1-9(2)10(3-4-10)7-12-6-5-11-8-12/h5-6,8-9H,3-4,7H2,1-2H3. The fraction of sp³-hybridized carbons (Fsp3) is 0.700. The van der Waals surface area contributed by atoms with Gasteiger partial charge in [-0.15, -0.1) is 0 Å². The van der Waals surface area contributed by atoms with E-state index in [9.17, 15) is 0 Å². The lowest BCUT2D eigenvalue weighted by Gasteiger charge is -2.19. The van der Waals surface area contributed by atoms with Crippen LogP contribution < -0.4 is 0 Å². The summed E-state index contributed by atoms with van der Waals surface area (Å²) in [4.78, 5) is 4.06. The number of aromatic nitrogens is 2. The van der Waals surface area contributed by atoms with Crippen LogP contribution in [-0.4, -0.2) is 9.55 Å². The lowest BCUT2D eigenvalue weighted by Crippen LogP contribution is -2.16. The van der Waals surface area contributed by atoms with E-state index in [-0.39, 0.29) is 0 Å². The summed E-state index contributed by atoms with van der Waals surface area (Å²) in [6, 6.07) is 0. The monoisotopic (exact) mass is 164 g/mol. The van der Waals surface area contributed by atoms with Gasteiger partial charge in [-0.3, -0.25) is 0 Å². The van der Waals surface area contributed by atoms with Crippen molar-refractivity contribution in [2.45, 2.75) is 33.2 Å². The summed E-state index contributed by atoms with van der Waals surface area (Å²) < 4.78 is 2.20. The highest BCUT2D eigenvalue weighted by atomic mass is 15.0. The van der Waals surface area contributed by atoms with Crippen molar-refractivity contribution in [3.05, 3.63) is 18.7 Å². The summed E-state index contributed by atoms with van der Waals surface area (Å²) in [5.41, 5.74) is 0.598. The van der Waals surface area contributed by atoms with Crippen LogP contribution in [0.15, 0.2) is 18.7 Å². The summed E-state index contributed by atoms with van der Waals surface area (Å²) in [6.07, 6.45) is 8.62. The van der Waals surface area contributed by atoms with Crippen molar-refractivity contribution in [3.8, 4) is 0 Å². The molecule has 2 nitrogen and oxygen atoms in total. The molecule has 0 atom stereocenters. The van der Waals surface area contributed by atoms with Crippen LogP contribution >= 0.6 is 0 Å². The highest BCUT2D eigenvalue weighted by Crippen LogP contribution is 2.52. The Bertz CT molecular complexity index is 245. The van der Waals surface area contributed by atoms with Crippen molar-refractivity contribution < 1.29 is 0 Å². The minimum atomic E-state index is 0.598. The largest absolute Gasteiger partial charge is 0.337 e. The zero-order chi connectivity index (χ0) is 8.60. The van der Waals surface area contributed by atoms with Gasteiger partial charge in [-0.1, -0.05) is 13.8 Å². The smallest absolute Gasteiger partial charge is 0.0946 e. The molecule has 12 heavy (non-hydrogen) atoms. The minimum Gasteiger partial charge on any atom is -0.337 e. The summed E-state index contributed by atoms with van der Waals surface area (Å²) in [6.45, 7) is 5.80. The molecule has 0 aliphatic heterocycles. The van der Waals surface area contributed by atoms with Gasteiger partial charge >= 0.3 is 0 Å². The van der Waals surface area contributed by atoms with Crippen molar-refractivity contribution in [1.82, 2.24) is 9.55 Å². The Labute approximate surface area is 73.6 Å². The lowest BCUT2D eigenvalue weighted by molar-refractivity contribution is 0.308. The normalized spacial score (nSPS) is 19.9.